The number of hydrogen-bond acceptors (Lipinski definition) is 8. The number of nitrogens with zero attached hydrogens (tertiary/aromatic N) is 5. The van der Waals surface area contributed by atoms with Gasteiger partial charge in [0.25, 0.3) is 0 Å². The zero-order valence-electron chi connectivity index (χ0n) is 30.9. The average Bonchev–Trinajstić information content (AvgIpc) is 3.98. The molecule has 1 N–H and O–H groups in total. The zero-order valence-corrected chi connectivity index (χ0v) is 31.7. The van der Waals surface area contributed by atoms with Gasteiger partial charge >= 0.3 is 6.18 Å². The maximum absolute atomic E-state index is 11.9. The van der Waals surface area contributed by atoms with Crippen LogP contribution in [-0.4, -0.2) is 74.6 Å². The molecule has 57 heavy (non-hydrogen) atoms. The smallest absolute Gasteiger partial charge is 0.339 e. The first-order valence-corrected chi connectivity index (χ1v) is 18.4. The third-order valence-electron chi connectivity index (χ3n) is 9.39. The molecule has 1 amide bonds. The first-order valence-electron chi connectivity index (χ1n) is 18.1. The van der Waals surface area contributed by atoms with Crippen LogP contribution in [0.1, 0.15) is 35.8 Å². The number of carbonyl (C=O) groups excluding carboxylic acids is 3. The number of likely N-dealkylation sites (tertiary alicyclic amines) is 1. The minimum absolute atomic E-state index is 0.000598. The second kappa shape index (κ2) is 20.2. The van der Waals surface area contributed by atoms with Crippen molar-refractivity contribution in [2.75, 3.05) is 26.2 Å². The van der Waals surface area contributed by atoms with Gasteiger partial charge in [0.1, 0.15) is 12.7 Å². The van der Waals surface area contributed by atoms with E-state index in [0.29, 0.717) is 12.5 Å². The van der Waals surface area contributed by atoms with E-state index in [1.165, 1.54) is 40.3 Å². The minimum Gasteiger partial charge on any atom is -0.339 e. The summed E-state index contributed by atoms with van der Waals surface area (Å²) in [6.45, 7) is 10.3. The predicted octanol–water partition coefficient (Wildman–Crippen LogP) is 8.86. The first-order chi connectivity index (χ1) is 27.5. The van der Waals surface area contributed by atoms with Gasteiger partial charge in [-0.3, -0.25) is 14.4 Å². The Balaban J connectivity index is 0.000000175. The van der Waals surface area contributed by atoms with Crippen LogP contribution in [0.5, 0.6) is 0 Å². The Hall–Kier alpha value is -6.11. The number of allylic oxidation sites excluding steroid dienone is 1. The van der Waals surface area contributed by atoms with Crippen LogP contribution in [0.25, 0.3) is 44.1 Å². The van der Waals surface area contributed by atoms with Crippen molar-refractivity contribution in [1.29, 1.82) is 0 Å². The van der Waals surface area contributed by atoms with Crippen LogP contribution in [0.3, 0.4) is 0 Å². The number of amides is 1. The number of alkyl halides is 3. The normalized spacial score (nSPS) is 15.9. The molecule has 292 valence electrons. The number of aldehydes is 1. The molecule has 6 aromatic rings. The number of aromatic nitrogens is 4. The highest BCUT2D eigenvalue weighted by Crippen LogP contribution is 2.36. The highest BCUT2D eigenvalue weighted by molar-refractivity contribution is 6.66. The van der Waals surface area contributed by atoms with Crippen LogP contribution < -0.4 is 5.32 Å². The number of nitrogens with one attached hydrogen (secondary N) is 1. The van der Waals surface area contributed by atoms with Crippen molar-refractivity contribution < 1.29 is 27.6 Å². The van der Waals surface area contributed by atoms with Gasteiger partial charge in [0.15, 0.2) is 0 Å². The topological polar surface area (TPSA) is 118 Å². The van der Waals surface area contributed by atoms with E-state index in [4.69, 9.17) is 16.4 Å². The van der Waals surface area contributed by atoms with E-state index in [2.05, 4.69) is 105 Å². The molecule has 4 heterocycles. The molecular formula is C44H40ClF3N6O3. The predicted molar refractivity (Wildman–Crippen MR) is 217 cm³/mol. The lowest BCUT2D eigenvalue weighted by Crippen LogP contribution is -2.26. The van der Waals surface area contributed by atoms with Crippen LogP contribution in [0, 0.1) is 0 Å². The SMILES string of the molecule is C=CC(=O)Cl.C=CC(=O)N1CCC(c2cc(-c3ccccc3)cc3cncnc23)C1.O=CC(F)(F)F.c1ccc(-c2cc(C3CCNC3)c3ncncc3c2)cc1. The van der Waals surface area contributed by atoms with Crippen molar-refractivity contribution in [3.05, 3.63) is 146 Å². The van der Waals surface area contributed by atoms with E-state index in [-0.39, 0.29) is 11.8 Å². The fraction of sp³-hybridized carbons (Fsp3) is 0.205. The minimum atomic E-state index is -4.64. The van der Waals surface area contributed by atoms with Gasteiger partial charge in [0, 0.05) is 48.7 Å². The third-order valence-corrected chi connectivity index (χ3v) is 9.55. The third kappa shape index (κ3) is 11.7. The molecule has 0 spiro atoms. The summed E-state index contributed by atoms with van der Waals surface area (Å²) in [7, 11) is 0. The monoisotopic (exact) mass is 792 g/mol. The quantitative estimate of drug-likeness (QED) is 0.101. The summed E-state index contributed by atoms with van der Waals surface area (Å²) >= 11 is 4.71. The van der Waals surface area contributed by atoms with Crippen LogP contribution in [0.4, 0.5) is 13.2 Å². The molecule has 2 aromatic heterocycles. The summed E-state index contributed by atoms with van der Waals surface area (Å²) in [5.41, 5.74) is 9.44. The molecular weight excluding hydrogens is 753 g/mol. The molecule has 2 aliphatic rings. The standard InChI is InChI=1S/C21H19N3O.C18H17N3.C3H3ClO.C2HF3O/c1-2-20(25)24-9-8-16(13-24)19-11-17(15-6-4-3-5-7-15)10-18-12-22-14-23-21(18)19;1-2-4-13(5-3-1)15-8-16-11-20-12-21-18(16)17(9-15)14-6-7-19-10-14;1-2-3(4)5;3-2(4,5)1-6/h2-7,10-12,14,16H,1,8-9,13H2;1-5,8-9,11-12,14,19H,6-7,10H2;2H,1H2;1H. The molecule has 2 aliphatic heterocycles. The second-order valence-electron chi connectivity index (χ2n) is 13.1. The number of rotatable bonds is 6. The Labute approximate surface area is 333 Å². The molecule has 0 radical (unpaired) electrons. The number of fused-ring (bicyclic) bond motifs is 2. The molecule has 0 aliphatic carbocycles. The molecule has 0 bridgehead atoms. The van der Waals surface area contributed by atoms with Crippen molar-refractivity contribution in [2.24, 2.45) is 0 Å². The lowest BCUT2D eigenvalue weighted by Gasteiger charge is -2.17. The highest BCUT2D eigenvalue weighted by Gasteiger charge is 2.28. The summed E-state index contributed by atoms with van der Waals surface area (Å²) in [4.78, 5) is 49.4. The Bertz CT molecular complexity index is 2320. The number of carbonyl (C=O) groups is 3. The molecule has 4 aromatic carbocycles. The average molecular weight is 793 g/mol. The fourth-order valence-corrected chi connectivity index (χ4v) is 6.75. The molecule has 8 rings (SSSR count). The second-order valence-corrected chi connectivity index (χ2v) is 13.5. The first kappa shape index (κ1) is 42.0. The van der Waals surface area contributed by atoms with Gasteiger partial charge in [-0.15, -0.1) is 0 Å². The van der Waals surface area contributed by atoms with Gasteiger partial charge in [-0.1, -0.05) is 73.8 Å². The van der Waals surface area contributed by atoms with E-state index in [9.17, 15) is 22.8 Å². The lowest BCUT2D eigenvalue weighted by atomic mass is 9.92. The van der Waals surface area contributed by atoms with Gasteiger partial charge in [0.2, 0.25) is 17.4 Å². The van der Waals surface area contributed by atoms with Gasteiger partial charge in [-0.25, -0.2) is 19.9 Å². The Morgan fingerprint density at radius 1 is 0.754 bits per heavy atom. The maximum Gasteiger partial charge on any atom is 0.446 e. The van der Waals surface area contributed by atoms with Gasteiger partial charge in [-0.05, 0) is 107 Å². The van der Waals surface area contributed by atoms with Gasteiger partial charge < -0.3 is 10.2 Å². The van der Waals surface area contributed by atoms with Crippen LogP contribution in [0.2, 0.25) is 0 Å². The zero-order chi connectivity index (χ0) is 40.8. The molecule has 0 saturated carbocycles. The Morgan fingerprint density at radius 2 is 1.25 bits per heavy atom. The van der Waals surface area contributed by atoms with E-state index in [1.54, 1.807) is 12.7 Å². The van der Waals surface area contributed by atoms with E-state index < -0.39 is 17.7 Å². The lowest BCUT2D eigenvalue weighted by molar-refractivity contribution is -0.156. The number of benzene rings is 4. The van der Waals surface area contributed by atoms with Gasteiger partial charge in [0.05, 0.1) is 11.0 Å². The maximum atomic E-state index is 11.9. The Kier molecular flexibility index (Phi) is 14.9. The van der Waals surface area contributed by atoms with Crippen molar-refractivity contribution in [3.63, 3.8) is 0 Å². The van der Waals surface area contributed by atoms with Crippen LogP contribution in [-0.2, 0) is 14.4 Å². The van der Waals surface area contributed by atoms with E-state index in [1.807, 2.05) is 35.5 Å². The fourth-order valence-electron chi connectivity index (χ4n) is 6.75. The summed E-state index contributed by atoms with van der Waals surface area (Å²) in [5.74, 6) is 0.830. The number of hydrogen-bond donors (Lipinski definition) is 1. The molecule has 2 fully saturated rings. The molecule has 13 heteroatoms. The van der Waals surface area contributed by atoms with E-state index >= 15 is 0 Å². The van der Waals surface area contributed by atoms with Crippen molar-refractivity contribution in [2.45, 2.75) is 30.9 Å². The summed E-state index contributed by atoms with van der Waals surface area (Å²) < 4.78 is 31.2. The van der Waals surface area contributed by atoms with E-state index in [0.717, 1.165) is 59.5 Å². The van der Waals surface area contributed by atoms with Crippen LogP contribution >= 0.6 is 11.6 Å². The molecule has 2 saturated heterocycles. The van der Waals surface area contributed by atoms with Crippen molar-refractivity contribution in [3.8, 4) is 22.3 Å². The van der Waals surface area contributed by atoms with Crippen molar-refractivity contribution in [1.82, 2.24) is 30.2 Å². The molecule has 2 atom stereocenters. The molecule has 2 unspecified atom stereocenters. The highest BCUT2D eigenvalue weighted by atomic mass is 35.5. The largest absolute Gasteiger partial charge is 0.446 e. The summed E-state index contributed by atoms with van der Waals surface area (Å²) in [6, 6.07) is 29.7. The molecule has 9 nitrogen and oxygen atoms in total. The Morgan fingerprint density at radius 3 is 1.67 bits per heavy atom. The summed E-state index contributed by atoms with van der Waals surface area (Å²) in [6.07, 6.45) is 5.87. The van der Waals surface area contributed by atoms with Crippen molar-refractivity contribution >= 4 is 50.8 Å². The van der Waals surface area contributed by atoms with Crippen LogP contribution in [0.15, 0.2) is 135 Å². The summed E-state index contributed by atoms with van der Waals surface area (Å²) in [5, 5.41) is 5.10. The number of halogens is 4. The van der Waals surface area contributed by atoms with Gasteiger partial charge in [-0.2, -0.15) is 13.2 Å².